The molecule has 3 aromatic rings. The van der Waals surface area contributed by atoms with Gasteiger partial charge in [-0.15, -0.1) is 0 Å². The van der Waals surface area contributed by atoms with Crippen LogP contribution < -0.4 is 10.1 Å². The lowest BCUT2D eigenvalue weighted by Gasteiger charge is -2.05. The summed E-state index contributed by atoms with van der Waals surface area (Å²) in [5.41, 5.74) is 1.96. The van der Waals surface area contributed by atoms with Crippen LogP contribution in [-0.4, -0.2) is 17.0 Å². The minimum Gasteiger partial charge on any atom is -0.423 e. The van der Waals surface area contributed by atoms with Gasteiger partial charge in [0.25, 0.3) is 5.91 Å². The number of benzene rings is 3. The predicted octanol–water partition coefficient (Wildman–Crippen LogP) is 6.21. The molecular formula is C23H14BrClN2O3S. The van der Waals surface area contributed by atoms with E-state index in [2.05, 4.69) is 26.2 Å². The molecule has 1 amide bonds. The van der Waals surface area contributed by atoms with Crippen molar-refractivity contribution in [3.05, 3.63) is 98.3 Å². The fraction of sp³-hybridized carbons (Fsp3) is 0. The SMILES string of the molecule is O=C1NC(=Nc2ccc(Cl)cc2)S/C1=C\c1ccc(OC(=O)c2ccc(Br)cc2)cc1. The molecule has 8 heteroatoms. The number of nitrogens with one attached hydrogen (secondary N) is 1. The number of rotatable bonds is 4. The van der Waals surface area contributed by atoms with Crippen molar-refractivity contribution in [1.29, 1.82) is 0 Å². The second-order valence-corrected chi connectivity index (χ2v) is 8.81. The largest absolute Gasteiger partial charge is 0.423 e. The molecule has 0 spiro atoms. The van der Waals surface area contributed by atoms with Gasteiger partial charge in [-0.3, -0.25) is 4.79 Å². The zero-order chi connectivity index (χ0) is 21.8. The highest BCUT2D eigenvalue weighted by atomic mass is 79.9. The first-order valence-electron chi connectivity index (χ1n) is 9.09. The number of esters is 1. The molecule has 31 heavy (non-hydrogen) atoms. The first-order valence-corrected chi connectivity index (χ1v) is 11.1. The van der Waals surface area contributed by atoms with Gasteiger partial charge in [0.2, 0.25) is 0 Å². The van der Waals surface area contributed by atoms with Gasteiger partial charge >= 0.3 is 5.97 Å². The molecule has 4 rings (SSSR count). The third-order valence-electron chi connectivity index (χ3n) is 4.18. The average molecular weight is 514 g/mol. The molecule has 1 N–H and O–H groups in total. The molecule has 1 fully saturated rings. The molecule has 0 saturated carbocycles. The summed E-state index contributed by atoms with van der Waals surface area (Å²) in [6, 6.07) is 20.9. The quantitative estimate of drug-likeness (QED) is 0.256. The van der Waals surface area contributed by atoms with E-state index in [9.17, 15) is 9.59 Å². The molecule has 0 unspecified atom stereocenters. The number of aliphatic imine (C=N–C) groups is 1. The molecule has 0 atom stereocenters. The van der Waals surface area contributed by atoms with Gasteiger partial charge in [0.05, 0.1) is 16.2 Å². The van der Waals surface area contributed by atoms with E-state index in [1.807, 2.05) is 0 Å². The topological polar surface area (TPSA) is 67.8 Å². The van der Waals surface area contributed by atoms with Crippen LogP contribution in [0.25, 0.3) is 6.08 Å². The van der Waals surface area contributed by atoms with Crippen LogP contribution >= 0.6 is 39.3 Å². The molecule has 5 nitrogen and oxygen atoms in total. The van der Waals surface area contributed by atoms with E-state index in [0.29, 0.717) is 32.1 Å². The Labute approximate surface area is 196 Å². The summed E-state index contributed by atoms with van der Waals surface area (Å²) in [6.07, 6.45) is 1.75. The van der Waals surface area contributed by atoms with Crippen LogP contribution in [0.2, 0.25) is 5.02 Å². The average Bonchev–Trinajstić information content (AvgIpc) is 3.10. The highest BCUT2D eigenvalue weighted by Crippen LogP contribution is 2.29. The van der Waals surface area contributed by atoms with Crippen LogP contribution in [0, 0.1) is 0 Å². The highest BCUT2D eigenvalue weighted by molar-refractivity contribution is 9.10. The van der Waals surface area contributed by atoms with Crippen LogP contribution in [0.3, 0.4) is 0 Å². The van der Waals surface area contributed by atoms with E-state index in [4.69, 9.17) is 16.3 Å². The zero-order valence-corrected chi connectivity index (χ0v) is 19.0. The Balaban J connectivity index is 1.43. The Morgan fingerprint density at radius 1 is 1.00 bits per heavy atom. The summed E-state index contributed by atoms with van der Waals surface area (Å²) in [5, 5.41) is 3.87. The van der Waals surface area contributed by atoms with Gasteiger partial charge < -0.3 is 10.1 Å². The van der Waals surface area contributed by atoms with Crippen molar-refractivity contribution in [3.63, 3.8) is 0 Å². The molecule has 0 bridgehead atoms. The minimum atomic E-state index is -0.438. The number of hydrogen-bond acceptors (Lipinski definition) is 5. The van der Waals surface area contributed by atoms with Crippen molar-refractivity contribution in [3.8, 4) is 5.75 Å². The van der Waals surface area contributed by atoms with E-state index in [1.54, 1.807) is 78.9 Å². The number of carbonyl (C=O) groups excluding carboxylic acids is 2. The monoisotopic (exact) mass is 512 g/mol. The lowest BCUT2D eigenvalue weighted by Crippen LogP contribution is -2.19. The molecule has 3 aromatic carbocycles. The fourth-order valence-electron chi connectivity index (χ4n) is 2.65. The van der Waals surface area contributed by atoms with Crippen LogP contribution in [0.5, 0.6) is 5.75 Å². The Morgan fingerprint density at radius 2 is 1.68 bits per heavy atom. The van der Waals surface area contributed by atoms with E-state index >= 15 is 0 Å². The Kier molecular flexibility index (Phi) is 6.56. The maximum atomic E-state index is 12.3. The smallest absolute Gasteiger partial charge is 0.343 e. The summed E-state index contributed by atoms with van der Waals surface area (Å²) in [7, 11) is 0. The zero-order valence-electron chi connectivity index (χ0n) is 15.8. The van der Waals surface area contributed by atoms with Gasteiger partial charge in [-0.05, 0) is 84.1 Å². The molecule has 1 heterocycles. The van der Waals surface area contributed by atoms with Crippen molar-refractivity contribution in [1.82, 2.24) is 5.32 Å². The first-order chi connectivity index (χ1) is 15.0. The normalized spacial score (nSPS) is 15.9. The van der Waals surface area contributed by atoms with Crippen LogP contribution in [-0.2, 0) is 4.79 Å². The summed E-state index contributed by atoms with van der Waals surface area (Å²) in [5.74, 6) is -0.237. The summed E-state index contributed by atoms with van der Waals surface area (Å²) >= 11 is 10.5. The third kappa shape index (κ3) is 5.64. The molecule has 1 aliphatic rings. The van der Waals surface area contributed by atoms with Gasteiger partial charge in [0, 0.05) is 9.50 Å². The molecule has 0 aromatic heterocycles. The maximum absolute atomic E-state index is 12.3. The van der Waals surface area contributed by atoms with E-state index < -0.39 is 5.97 Å². The van der Waals surface area contributed by atoms with Crippen molar-refractivity contribution >= 4 is 68.1 Å². The highest BCUT2D eigenvalue weighted by Gasteiger charge is 2.23. The van der Waals surface area contributed by atoms with Crippen molar-refractivity contribution in [2.24, 2.45) is 4.99 Å². The van der Waals surface area contributed by atoms with Crippen LogP contribution in [0.15, 0.2) is 87.2 Å². The maximum Gasteiger partial charge on any atom is 0.343 e. The molecule has 1 aliphatic heterocycles. The van der Waals surface area contributed by atoms with Crippen LogP contribution in [0.1, 0.15) is 15.9 Å². The predicted molar refractivity (Wildman–Crippen MR) is 128 cm³/mol. The van der Waals surface area contributed by atoms with E-state index in [0.717, 1.165) is 10.0 Å². The summed E-state index contributed by atoms with van der Waals surface area (Å²) in [6.45, 7) is 0. The van der Waals surface area contributed by atoms with E-state index in [-0.39, 0.29) is 5.91 Å². The van der Waals surface area contributed by atoms with Gasteiger partial charge in [-0.2, -0.15) is 0 Å². The van der Waals surface area contributed by atoms with Gasteiger partial charge in [0.15, 0.2) is 5.17 Å². The van der Waals surface area contributed by atoms with Crippen LogP contribution in [0.4, 0.5) is 5.69 Å². The number of ether oxygens (including phenoxy) is 1. The number of halogens is 2. The van der Waals surface area contributed by atoms with Gasteiger partial charge in [-0.25, -0.2) is 9.79 Å². The number of amidine groups is 1. The molecular weight excluding hydrogens is 500 g/mol. The minimum absolute atomic E-state index is 0.219. The van der Waals surface area contributed by atoms with Crippen molar-refractivity contribution in [2.45, 2.75) is 0 Å². The standard InChI is InChI=1S/C23H14BrClN2O3S/c24-16-5-3-15(4-6-16)22(29)30-19-11-1-14(2-12-19)13-20-21(28)27-23(31-20)26-18-9-7-17(25)8-10-18/h1-13H,(H,26,27,28)/b20-13-. The van der Waals surface area contributed by atoms with Crippen molar-refractivity contribution < 1.29 is 14.3 Å². The summed E-state index contributed by atoms with van der Waals surface area (Å²) in [4.78, 5) is 29.4. The number of thioether (sulfide) groups is 1. The second kappa shape index (κ2) is 9.51. The number of hydrogen-bond donors (Lipinski definition) is 1. The Bertz CT molecular complexity index is 1190. The lowest BCUT2D eigenvalue weighted by molar-refractivity contribution is -0.115. The van der Waals surface area contributed by atoms with Gasteiger partial charge in [-0.1, -0.05) is 39.7 Å². The van der Waals surface area contributed by atoms with Crippen molar-refractivity contribution in [2.75, 3.05) is 0 Å². The molecule has 154 valence electrons. The Hall–Kier alpha value is -2.87. The summed E-state index contributed by atoms with van der Waals surface area (Å²) < 4.78 is 6.28. The Morgan fingerprint density at radius 3 is 2.35 bits per heavy atom. The molecule has 0 radical (unpaired) electrons. The number of carbonyl (C=O) groups is 2. The molecule has 0 aliphatic carbocycles. The third-order valence-corrected chi connectivity index (χ3v) is 5.87. The first kappa shape index (κ1) is 21.4. The molecule has 1 saturated heterocycles. The number of nitrogens with zero attached hydrogens (tertiary/aromatic N) is 1. The fourth-order valence-corrected chi connectivity index (χ4v) is 3.88. The number of amides is 1. The lowest BCUT2D eigenvalue weighted by atomic mass is 10.2. The van der Waals surface area contributed by atoms with Gasteiger partial charge in [0.1, 0.15) is 5.75 Å². The van der Waals surface area contributed by atoms with E-state index in [1.165, 1.54) is 11.8 Å². The second-order valence-electron chi connectivity index (χ2n) is 6.42.